The van der Waals surface area contributed by atoms with Crippen molar-refractivity contribution in [3.05, 3.63) is 70.6 Å². The van der Waals surface area contributed by atoms with E-state index in [1.54, 1.807) is 67.4 Å². The van der Waals surface area contributed by atoms with E-state index >= 15 is 0 Å². The molecule has 204 valence electrons. The zero-order chi connectivity index (χ0) is 28.8. The number of rotatable bonds is 5. The van der Waals surface area contributed by atoms with Gasteiger partial charge in [-0.05, 0) is 45.0 Å². The summed E-state index contributed by atoms with van der Waals surface area (Å²) in [7, 11) is 4.89. The van der Waals surface area contributed by atoms with Gasteiger partial charge in [0.15, 0.2) is 5.69 Å². The molecule has 1 amide bonds. The third-order valence-corrected chi connectivity index (χ3v) is 7.16. The quantitative estimate of drug-likeness (QED) is 0.301. The van der Waals surface area contributed by atoms with Gasteiger partial charge in [0.05, 0.1) is 31.2 Å². The zero-order valence-corrected chi connectivity index (χ0v) is 23.8. The molecule has 2 aromatic carbocycles. The summed E-state index contributed by atoms with van der Waals surface area (Å²) in [6.45, 7) is 6.02. The van der Waals surface area contributed by atoms with Crippen molar-refractivity contribution in [2.24, 2.45) is 0 Å². The van der Waals surface area contributed by atoms with Crippen LogP contribution in [0.15, 0.2) is 48.8 Å². The van der Waals surface area contributed by atoms with Crippen LogP contribution in [0.2, 0.25) is 5.02 Å². The molecule has 0 saturated heterocycles. The van der Waals surface area contributed by atoms with Crippen LogP contribution in [0.3, 0.4) is 0 Å². The Morgan fingerprint density at radius 1 is 1.10 bits per heavy atom. The Bertz CT molecular complexity index is 1680. The smallest absolute Gasteiger partial charge is 0.274 e. The number of methoxy groups -OCH3 is 2. The highest BCUT2D eigenvalue weighted by molar-refractivity contribution is 6.30. The van der Waals surface area contributed by atoms with Crippen molar-refractivity contribution in [3.8, 4) is 51.4 Å². The summed E-state index contributed by atoms with van der Waals surface area (Å²) in [4.78, 5) is 19.6. The number of hydrogen-bond acceptors (Lipinski definition) is 7. The van der Waals surface area contributed by atoms with Crippen LogP contribution in [0.25, 0.3) is 28.1 Å². The molecule has 0 bridgehead atoms. The van der Waals surface area contributed by atoms with E-state index in [-0.39, 0.29) is 18.2 Å². The van der Waals surface area contributed by atoms with Gasteiger partial charge in [-0.1, -0.05) is 11.6 Å². The number of halogens is 1. The van der Waals surface area contributed by atoms with Crippen LogP contribution in [0.1, 0.15) is 42.4 Å². The van der Waals surface area contributed by atoms with Crippen LogP contribution in [-0.4, -0.2) is 52.4 Å². The van der Waals surface area contributed by atoms with Crippen molar-refractivity contribution in [2.75, 3.05) is 21.3 Å². The summed E-state index contributed by atoms with van der Waals surface area (Å²) in [5.41, 5.74) is 4.32. The van der Waals surface area contributed by atoms with Gasteiger partial charge in [-0.2, -0.15) is 10.4 Å². The number of hydrogen-bond donors (Lipinski definition) is 0. The van der Waals surface area contributed by atoms with Gasteiger partial charge >= 0.3 is 0 Å². The van der Waals surface area contributed by atoms with Gasteiger partial charge in [0, 0.05) is 64.4 Å². The maximum absolute atomic E-state index is 13.8. The minimum absolute atomic E-state index is 0.132. The van der Waals surface area contributed by atoms with E-state index in [0.717, 1.165) is 0 Å². The Labute approximate surface area is 237 Å². The van der Waals surface area contributed by atoms with Gasteiger partial charge < -0.3 is 19.1 Å². The first-order valence-electron chi connectivity index (χ1n) is 12.5. The highest BCUT2D eigenvalue weighted by Crippen LogP contribution is 2.46. The third kappa shape index (κ3) is 4.71. The van der Waals surface area contributed by atoms with Crippen molar-refractivity contribution in [1.82, 2.24) is 19.7 Å². The number of carbonyl (C=O) groups excluding carboxylic acids is 1. The maximum Gasteiger partial charge on any atom is 0.274 e. The summed E-state index contributed by atoms with van der Waals surface area (Å²) in [5.74, 6) is 1.44. The second kappa shape index (κ2) is 10.2. The lowest BCUT2D eigenvalue weighted by molar-refractivity contribution is 0.0646. The summed E-state index contributed by atoms with van der Waals surface area (Å²) in [6, 6.07) is 12.9. The van der Waals surface area contributed by atoms with E-state index in [1.165, 1.54) is 6.20 Å². The molecule has 4 aromatic rings. The van der Waals surface area contributed by atoms with Crippen LogP contribution in [-0.2, 0) is 6.61 Å². The molecular weight excluding hydrogens is 530 g/mol. The van der Waals surface area contributed by atoms with E-state index in [2.05, 4.69) is 11.1 Å². The van der Waals surface area contributed by atoms with E-state index in [1.807, 2.05) is 26.8 Å². The number of fused-ring (bicyclic) bond motifs is 3. The minimum Gasteiger partial charge on any atom is -0.497 e. The normalized spacial score (nSPS) is 12.1. The topological polar surface area (TPSA) is 103 Å². The van der Waals surface area contributed by atoms with E-state index in [0.29, 0.717) is 61.5 Å². The lowest BCUT2D eigenvalue weighted by atomic mass is 9.95. The average Bonchev–Trinajstić information content (AvgIpc) is 3.35. The molecule has 0 radical (unpaired) electrons. The molecule has 0 spiro atoms. The standard InChI is InChI=1S/C30H28ClN5O4/c1-30(2,3)35(4)29(37)27-24-16-40-26-12-25(39-6)22(18-7-17(13-32)14-33-15-18)11-23(26)28(24)36(34-27)20-8-19(31)9-21(10-20)38-5/h7-12,14-15H,16H2,1-6H3. The molecule has 0 N–H and O–H groups in total. The first-order valence-corrected chi connectivity index (χ1v) is 12.9. The predicted molar refractivity (Wildman–Crippen MR) is 151 cm³/mol. The fraction of sp³-hybridized carbons (Fsp3) is 0.267. The van der Waals surface area contributed by atoms with Crippen molar-refractivity contribution >= 4 is 17.5 Å². The number of nitriles is 1. The molecule has 0 fully saturated rings. The predicted octanol–water partition coefficient (Wildman–Crippen LogP) is 5.91. The van der Waals surface area contributed by atoms with Crippen LogP contribution in [0.5, 0.6) is 17.2 Å². The van der Waals surface area contributed by atoms with Gasteiger partial charge in [0.2, 0.25) is 0 Å². The number of amides is 1. The van der Waals surface area contributed by atoms with Gasteiger partial charge in [-0.25, -0.2) is 4.68 Å². The van der Waals surface area contributed by atoms with Crippen molar-refractivity contribution in [3.63, 3.8) is 0 Å². The lowest BCUT2D eigenvalue weighted by Gasteiger charge is -2.31. The first-order chi connectivity index (χ1) is 19.0. The molecule has 1 aliphatic rings. The van der Waals surface area contributed by atoms with Gasteiger partial charge in [-0.15, -0.1) is 0 Å². The molecule has 10 heteroatoms. The molecular formula is C30H28ClN5O4. The van der Waals surface area contributed by atoms with Gasteiger partial charge in [-0.3, -0.25) is 9.78 Å². The molecule has 40 heavy (non-hydrogen) atoms. The van der Waals surface area contributed by atoms with Crippen LogP contribution in [0, 0.1) is 11.3 Å². The van der Waals surface area contributed by atoms with Crippen LogP contribution in [0.4, 0.5) is 0 Å². The number of aromatic nitrogens is 3. The van der Waals surface area contributed by atoms with Crippen LogP contribution < -0.4 is 14.2 Å². The summed E-state index contributed by atoms with van der Waals surface area (Å²) in [5, 5.41) is 14.7. The highest BCUT2D eigenvalue weighted by Gasteiger charge is 2.34. The maximum atomic E-state index is 13.8. The molecule has 9 nitrogen and oxygen atoms in total. The Morgan fingerprint density at radius 3 is 2.55 bits per heavy atom. The summed E-state index contributed by atoms with van der Waals surface area (Å²) >= 11 is 6.44. The Morgan fingerprint density at radius 2 is 1.88 bits per heavy atom. The minimum atomic E-state index is -0.431. The average molecular weight is 558 g/mol. The molecule has 0 saturated carbocycles. The molecule has 0 unspecified atom stereocenters. The SMILES string of the molecule is COc1cc(Cl)cc(-n2nc(C(=O)N(C)C(C)(C)C)c3c2-c2cc(-c4cncc(C#N)c4)c(OC)cc2OC3)c1. The Hall–Kier alpha value is -4.55. The number of nitrogens with zero attached hydrogens (tertiary/aromatic N) is 5. The Kier molecular flexibility index (Phi) is 6.90. The first kappa shape index (κ1) is 27.0. The van der Waals surface area contributed by atoms with Gasteiger partial charge in [0.1, 0.15) is 29.9 Å². The van der Waals surface area contributed by atoms with Crippen molar-refractivity contribution in [2.45, 2.75) is 32.9 Å². The van der Waals surface area contributed by atoms with E-state index in [9.17, 15) is 10.1 Å². The fourth-order valence-corrected chi connectivity index (χ4v) is 4.75. The zero-order valence-electron chi connectivity index (χ0n) is 23.1. The summed E-state index contributed by atoms with van der Waals surface area (Å²) in [6.07, 6.45) is 3.17. The largest absolute Gasteiger partial charge is 0.497 e. The van der Waals surface area contributed by atoms with Crippen molar-refractivity contribution in [1.29, 1.82) is 5.26 Å². The van der Waals surface area contributed by atoms with Gasteiger partial charge in [0.25, 0.3) is 5.91 Å². The Balaban J connectivity index is 1.80. The molecule has 2 aromatic heterocycles. The molecule has 5 rings (SSSR count). The summed E-state index contributed by atoms with van der Waals surface area (Å²) < 4.78 is 19.0. The highest BCUT2D eigenvalue weighted by atomic mass is 35.5. The van der Waals surface area contributed by atoms with E-state index in [4.69, 9.17) is 30.9 Å². The fourth-order valence-electron chi connectivity index (χ4n) is 4.53. The number of pyridine rings is 1. The molecule has 0 atom stereocenters. The second-order valence-corrected chi connectivity index (χ2v) is 10.8. The number of carbonyl (C=O) groups is 1. The number of benzene rings is 2. The number of ether oxygens (including phenoxy) is 3. The van der Waals surface area contributed by atoms with E-state index < -0.39 is 5.54 Å². The molecule has 3 heterocycles. The monoisotopic (exact) mass is 557 g/mol. The van der Waals surface area contributed by atoms with Crippen molar-refractivity contribution < 1.29 is 19.0 Å². The molecule has 0 aliphatic carbocycles. The van der Waals surface area contributed by atoms with Crippen LogP contribution >= 0.6 is 11.6 Å². The molecule has 1 aliphatic heterocycles. The second-order valence-electron chi connectivity index (χ2n) is 10.4. The lowest BCUT2D eigenvalue weighted by Crippen LogP contribution is -2.43. The third-order valence-electron chi connectivity index (χ3n) is 6.94.